The first-order valence-electron chi connectivity index (χ1n) is 6.74. The maximum atomic E-state index is 5.38. The van der Waals surface area contributed by atoms with Crippen LogP contribution < -0.4 is 10.2 Å². The average molecular weight is 248 g/mol. The van der Waals surface area contributed by atoms with Crippen LogP contribution in [0.3, 0.4) is 0 Å². The minimum absolute atomic E-state index is 0.406. The van der Waals surface area contributed by atoms with Crippen LogP contribution in [0.25, 0.3) is 0 Å². The lowest BCUT2D eigenvalue weighted by molar-refractivity contribution is 0.173. The second kappa shape index (κ2) is 6.21. The number of rotatable bonds is 5. The predicted molar refractivity (Wildman–Crippen MR) is 76.2 cm³/mol. The van der Waals surface area contributed by atoms with Gasteiger partial charge in [0.2, 0.25) is 0 Å². The lowest BCUT2D eigenvalue weighted by Crippen LogP contribution is -2.48. The van der Waals surface area contributed by atoms with Crippen molar-refractivity contribution >= 4 is 5.69 Å². The zero-order valence-corrected chi connectivity index (χ0v) is 11.6. The lowest BCUT2D eigenvalue weighted by atomic mass is 9.92. The first-order chi connectivity index (χ1) is 8.76. The summed E-state index contributed by atoms with van der Waals surface area (Å²) >= 11 is 0. The fourth-order valence-electron chi connectivity index (χ4n) is 2.87. The molecule has 1 heterocycles. The summed E-state index contributed by atoms with van der Waals surface area (Å²) < 4.78 is 5.38. The third-order valence-electron chi connectivity index (χ3n) is 3.62. The van der Waals surface area contributed by atoms with Gasteiger partial charge in [-0.15, -0.1) is 0 Å². The van der Waals surface area contributed by atoms with E-state index in [1.165, 1.54) is 17.7 Å². The van der Waals surface area contributed by atoms with E-state index in [2.05, 4.69) is 41.4 Å². The number of fused-ring (bicyclic) bond motifs is 1. The van der Waals surface area contributed by atoms with Crippen LogP contribution in [0, 0.1) is 5.92 Å². The molecule has 18 heavy (non-hydrogen) atoms. The molecule has 0 fully saturated rings. The molecule has 3 heteroatoms. The van der Waals surface area contributed by atoms with E-state index in [1.54, 1.807) is 7.11 Å². The Labute approximate surface area is 110 Å². The van der Waals surface area contributed by atoms with Gasteiger partial charge in [0.25, 0.3) is 0 Å². The average Bonchev–Trinajstić information content (AvgIpc) is 2.37. The van der Waals surface area contributed by atoms with Gasteiger partial charge in [-0.2, -0.15) is 0 Å². The van der Waals surface area contributed by atoms with Crippen LogP contribution in [0.2, 0.25) is 0 Å². The van der Waals surface area contributed by atoms with Gasteiger partial charge < -0.3 is 15.0 Å². The Morgan fingerprint density at radius 3 is 2.94 bits per heavy atom. The molecule has 0 amide bonds. The molecule has 1 aliphatic heterocycles. The number of hydrogen-bond acceptors (Lipinski definition) is 3. The Hall–Kier alpha value is -1.06. The number of nitrogens with one attached hydrogen (secondary N) is 1. The summed E-state index contributed by atoms with van der Waals surface area (Å²) in [7, 11) is 3.78. The molecule has 0 aromatic heterocycles. The van der Waals surface area contributed by atoms with Gasteiger partial charge in [-0.25, -0.2) is 0 Å². The van der Waals surface area contributed by atoms with Crippen LogP contribution in [-0.4, -0.2) is 39.9 Å². The van der Waals surface area contributed by atoms with Crippen molar-refractivity contribution in [3.63, 3.8) is 0 Å². The van der Waals surface area contributed by atoms with Gasteiger partial charge in [-0.3, -0.25) is 0 Å². The Balaban J connectivity index is 2.25. The lowest BCUT2D eigenvalue weighted by Gasteiger charge is -2.40. The number of ether oxygens (including phenoxy) is 1. The van der Waals surface area contributed by atoms with Crippen molar-refractivity contribution in [2.75, 3.05) is 38.8 Å². The molecule has 0 aliphatic carbocycles. The molecule has 0 bridgehead atoms. The molecule has 100 valence electrons. The molecule has 0 spiro atoms. The van der Waals surface area contributed by atoms with Crippen molar-refractivity contribution in [3.05, 3.63) is 29.8 Å². The smallest absolute Gasteiger partial charge is 0.0678 e. The highest BCUT2D eigenvalue weighted by Gasteiger charge is 2.26. The van der Waals surface area contributed by atoms with Crippen LogP contribution in [0.5, 0.6) is 0 Å². The summed E-state index contributed by atoms with van der Waals surface area (Å²) in [6.07, 6.45) is 1.19. The Bertz CT molecular complexity index is 375. The van der Waals surface area contributed by atoms with E-state index in [4.69, 9.17) is 4.74 Å². The summed E-state index contributed by atoms with van der Waals surface area (Å²) in [4.78, 5) is 2.50. The van der Waals surface area contributed by atoms with E-state index in [9.17, 15) is 0 Å². The number of methoxy groups -OCH3 is 1. The number of anilines is 1. The van der Waals surface area contributed by atoms with Gasteiger partial charge in [0.1, 0.15) is 0 Å². The second-order valence-corrected chi connectivity index (χ2v) is 5.26. The maximum absolute atomic E-state index is 5.38. The molecule has 2 rings (SSSR count). The molecular formula is C15H24N2O. The molecule has 1 aromatic carbocycles. The number of hydrogen-bond donors (Lipinski definition) is 1. The Morgan fingerprint density at radius 2 is 2.22 bits per heavy atom. The molecule has 2 unspecified atom stereocenters. The van der Waals surface area contributed by atoms with Gasteiger partial charge >= 0.3 is 0 Å². The van der Waals surface area contributed by atoms with Crippen molar-refractivity contribution in [3.8, 4) is 0 Å². The third-order valence-corrected chi connectivity index (χ3v) is 3.62. The summed E-state index contributed by atoms with van der Waals surface area (Å²) in [5, 5.41) is 3.27. The van der Waals surface area contributed by atoms with E-state index in [1.807, 2.05) is 7.05 Å². The first kappa shape index (κ1) is 13.4. The van der Waals surface area contributed by atoms with Gasteiger partial charge in [-0.05, 0) is 31.0 Å². The SMILES string of the molecule is CNCC(COC)N1CC(C)Cc2ccccc21. The Kier molecular flexibility index (Phi) is 4.61. The largest absolute Gasteiger partial charge is 0.383 e. The van der Waals surface area contributed by atoms with Crippen LogP contribution in [0.4, 0.5) is 5.69 Å². The Morgan fingerprint density at radius 1 is 1.44 bits per heavy atom. The van der Waals surface area contributed by atoms with E-state index in [-0.39, 0.29) is 0 Å². The molecule has 1 aromatic rings. The monoisotopic (exact) mass is 248 g/mol. The summed E-state index contributed by atoms with van der Waals surface area (Å²) in [6, 6.07) is 9.16. The summed E-state index contributed by atoms with van der Waals surface area (Å²) in [5.41, 5.74) is 2.85. The molecular weight excluding hydrogens is 224 g/mol. The molecule has 0 radical (unpaired) electrons. The van der Waals surface area contributed by atoms with Gasteiger partial charge in [-0.1, -0.05) is 25.1 Å². The van der Waals surface area contributed by atoms with Crippen molar-refractivity contribution in [2.24, 2.45) is 5.92 Å². The third kappa shape index (κ3) is 2.85. The van der Waals surface area contributed by atoms with Crippen molar-refractivity contribution in [1.82, 2.24) is 5.32 Å². The minimum Gasteiger partial charge on any atom is -0.383 e. The van der Waals surface area contributed by atoms with Gasteiger partial charge in [0.15, 0.2) is 0 Å². The van der Waals surface area contributed by atoms with Crippen molar-refractivity contribution in [2.45, 2.75) is 19.4 Å². The molecule has 2 atom stereocenters. The topological polar surface area (TPSA) is 24.5 Å². The number of likely N-dealkylation sites (N-methyl/N-ethyl adjacent to an activating group) is 1. The highest BCUT2D eigenvalue weighted by molar-refractivity contribution is 5.56. The van der Waals surface area contributed by atoms with E-state index < -0.39 is 0 Å². The highest BCUT2D eigenvalue weighted by atomic mass is 16.5. The van der Waals surface area contributed by atoms with Crippen LogP contribution >= 0.6 is 0 Å². The minimum atomic E-state index is 0.406. The maximum Gasteiger partial charge on any atom is 0.0678 e. The molecule has 3 nitrogen and oxygen atoms in total. The number of benzene rings is 1. The van der Waals surface area contributed by atoms with Crippen molar-refractivity contribution < 1.29 is 4.74 Å². The second-order valence-electron chi connectivity index (χ2n) is 5.26. The molecule has 1 N–H and O–H groups in total. The van der Waals surface area contributed by atoms with E-state index in [0.29, 0.717) is 12.0 Å². The van der Waals surface area contributed by atoms with Crippen LogP contribution in [0.15, 0.2) is 24.3 Å². The first-order valence-corrected chi connectivity index (χ1v) is 6.74. The van der Waals surface area contributed by atoms with Crippen molar-refractivity contribution in [1.29, 1.82) is 0 Å². The standard InChI is InChI=1S/C15H24N2O/c1-12-8-13-6-4-5-7-15(13)17(10-12)14(9-16-2)11-18-3/h4-7,12,14,16H,8-11H2,1-3H3. The van der Waals surface area contributed by atoms with Gasteiger partial charge in [0.05, 0.1) is 12.6 Å². The molecule has 0 saturated carbocycles. The normalized spacial score (nSPS) is 20.6. The van der Waals surface area contributed by atoms with E-state index in [0.717, 1.165) is 19.7 Å². The summed E-state index contributed by atoms with van der Waals surface area (Å²) in [6.45, 7) is 5.16. The fraction of sp³-hybridized carbons (Fsp3) is 0.600. The number of nitrogens with zero attached hydrogens (tertiary/aromatic N) is 1. The van der Waals surface area contributed by atoms with Crippen LogP contribution in [-0.2, 0) is 11.2 Å². The quantitative estimate of drug-likeness (QED) is 0.861. The fourth-order valence-corrected chi connectivity index (χ4v) is 2.87. The highest BCUT2D eigenvalue weighted by Crippen LogP contribution is 2.30. The molecule has 1 aliphatic rings. The zero-order chi connectivity index (χ0) is 13.0. The zero-order valence-electron chi connectivity index (χ0n) is 11.6. The summed E-state index contributed by atoms with van der Waals surface area (Å²) in [5.74, 6) is 0.705. The number of para-hydroxylation sites is 1. The van der Waals surface area contributed by atoms with Crippen LogP contribution in [0.1, 0.15) is 12.5 Å². The van der Waals surface area contributed by atoms with Gasteiger partial charge in [0, 0.05) is 25.9 Å². The molecule has 0 saturated heterocycles. The predicted octanol–water partition coefficient (Wildman–Crippen LogP) is 1.92. The van der Waals surface area contributed by atoms with E-state index >= 15 is 0 Å².